The summed E-state index contributed by atoms with van der Waals surface area (Å²) in [5.41, 5.74) is 0.654. The molecule has 1 aromatic carbocycles. The summed E-state index contributed by atoms with van der Waals surface area (Å²) < 4.78 is 39.6. The fourth-order valence-electron chi connectivity index (χ4n) is 1.44. The summed E-state index contributed by atoms with van der Waals surface area (Å²) in [7, 11) is 0. The molecule has 0 heterocycles. The Morgan fingerprint density at radius 1 is 1.30 bits per heavy atom. The zero-order chi connectivity index (χ0) is 15.0. The molecule has 0 radical (unpaired) electrons. The molecule has 1 atom stereocenters. The van der Waals surface area contributed by atoms with Crippen LogP contribution >= 0.6 is 0 Å². The van der Waals surface area contributed by atoms with Crippen LogP contribution in [0.3, 0.4) is 0 Å². The summed E-state index contributed by atoms with van der Waals surface area (Å²) in [6.45, 7) is -1.68. The monoisotopic (exact) mass is 291 g/mol. The third kappa shape index (κ3) is 7.10. The Morgan fingerprint density at radius 2 is 1.95 bits per heavy atom. The van der Waals surface area contributed by atoms with Crippen molar-refractivity contribution < 1.29 is 27.8 Å². The summed E-state index contributed by atoms with van der Waals surface area (Å²) in [4.78, 5) is 11.3. The molecule has 4 nitrogen and oxygen atoms in total. The van der Waals surface area contributed by atoms with Crippen molar-refractivity contribution in [1.82, 2.24) is 5.32 Å². The second kappa shape index (κ2) is 7.86. The van der Waals surface area contributed by atoms with Crippen LogP contribution in [0.15, 0.2) is 30.3 Å². The number of nitrogens with one attached hydrogen (secondary N) is 1. The average Bonchev–Trinajstić information content (AvgIpc) is 2.41. The van der Waals surface area contributed by atoms with Crippen molar-refractivity contribution in [2.45, 2.75) is 18.7 Å². The smallest absolute Gasteiger partial charge is 0.387 e. The van der Waals surface area contributed by atoms with E-state index < -0.39 is 24.8 Å². The topological polar surface area (TPSA) is 58.6 Å². The first-order valence-corrected chi connectivity index (χ1v) is 6.02. The number of hydrogen-bond donors (Lipinski definition) is 2. The number of carbonyl (C=O) groups excluding carboxylic acids is 1. The van der Waals surface area contributed by atoms with Crippen LogP contribution in [0.2, 0.25) is 0 Å². The zero-order valence-electron chi connectivity index (χ0n) is 10.7. The number of alkyl halides is 3. The molecule has 20 heavy (non-hydrogen) atoms. The van der Waals surface area contributed by atoms with E-state index in [1.54, 1.807) is 30.3 Å². The molecule has 0 spiro atoms. The molecular formula is C13H16F3NO3. The van der Waals surface area contributed by atoms with E-state index in [-0.39, 0.29) is 19.6 Å². The van der Waals surface area contributed by atoms with Crippen LogP contribution in [0, 0.1) is 0 Å². The second-order valence-corrected chi connectivity index (χ2v) is 4.15. The van der Waals surface area contributed by atoms with Crippen LogP contribution in [-0.4, -0.2) is 36.9 Å². The lowest BCUT2D eigenvalue weighted by Crippen LogP contribution is -2.29. The summed E-state index contributed by atoms with van der Waals surface area (Å²) in [6.07, 6.45) is -5.42. The standard InChI is InChI=1S/C13H16F3NO3/c14-13(15,16)9-20-7-6-12(19)17-8-11(18)10-4-2-1-3-5-10/h1-5,11,18H,6-9H2,(H,17,19). The molecule has 0 aliphatic heterocycles. The van der Waals surface area contributed by atoms with Gasteiger partial charge in [-0.2, -0.15) is 13.2 Å². The van der Waals surface area contributed by atoms with Gasteiger partial charge in [0.25, 0.3) is 0 Å². The maximum atomic E-state index is 11.8. The van der Waals surface area contributed by atoms with E-state index >= 15 is 0 Å². The molecule has 1 rings (SSSR count). The van der Waals surface area contributed by atoms with Crippen molar-refractivity contribution in [2.24, 2.45) is 0 Å². The molecular weight excluding hydrogens is 275 g/mol. The van der Waals surface area contributed by atoms with Crippen molar-refractivity contribution in [3.8, 4) is 0 Å². The van der Waals surface area contributed by atoms with Gasteiger partial charge >= 0.3 is 6.18 Å². The normalized spacial score (nSPS) is 13.0. The number of aliphatic hydroxyl groups excluding tert-OH is 1. The third-order valence-corrected chi connectivity index (χ3v) is 2.42. The molecule has 2 N–H and O–H groups in total. The van der Waals surface area contributed by atoms with Crippen molar-refractivity contribution in [2.75, 3.05) is 19.8 Å². The lowest BCUT2D eigenvalue weighted by molar-refractivity contribution is -0.174. The van der Waals surface area contributed by atoms with Gasteiger partial charge in [0.05, 0.1) is 12.7 Å². The van der Waals surface area contributed by atoms with E-state index in [2.05, 4.69) is 10.1 Å². The zero-order valence-corrected chi connectivity index (χ0v) is 10.7. The summed E-state index contributed by atoms with van der Waals surface area (Å²) >= 11 is 0. The van der Waals surface area contributed by atoms with Crippen LogP contribution in [-0.2, 0) is 9.53 Å². The molecule has 0 saturated heterocycles. The Morgan fingerprint density at radius 3 is 2.55 bits per heavy atom. The van der Waals surface area contributed by atoms with Gasteiger partial charge in [-0.15, -0.1) is 0 Å². The molecule has 1 amide bonds. The Bertz CT molecular complexity index is 409. The molecule has 1 aromatic rings. The van der Waals surface area contributed by atoms with E-state index in [1.165, 1.54) is 0 Å². The van der Waals surface area contributed by atoms with Gasteiger partial charge < -0.3 is 15.2 Å². The molecule has 1 unspecified atom stereocenters. The molecule has 0 aromatic heterocycles. The van der Waals surface area contributed by atoms with Crippen molar-refractivity contribution in [3.05, 3.63) is 35.9 Å². The number of ether oxygens (including phenoxy) is 1. The first-order chi connectivity index (χ1) is 9.38. The van der Waals surface area contributed by atoms with Crippen LogP contribution in [0.1, 0.15) is 18.1 Å². The summed E-state index contributed by atoms with van der Waals surface area (Å²) in [6, 6.07) is 8.73. The molecule has 0 aliphatic rings. The highest BCUT2D eigenvalue weighted by Gasteiger charge is 2.27. The second-order valence-electron chi connectivity index (χ2n) is 4.15. The summed E-state index contributed by atoms with van der Waals surface area (Å²) in [5.74, 6) is -0.470. The van der Waals surface area contributed by atoms with Crippen molar-refractivity contribution in [1.29, 1.82) is 0 Å². The number of halogens is 3. The van der Waals surface area contributed by atoms with Gasteiger partial charge in [0.1, 0.15) is 6.61 Å². The third-order valence-electron chi connectivity index (χ3n) is 2.42. The number of benzene rings is 1. The Labute approximate surface area is 114 Å². The number of amides is 1. The Hall–Kier alpha value is -1.60. The van der Waals surface area contributed by atoms with E-state index in [0.717, 1.165) is 0 Å². The SMILES string of the molecule is O=C(CCOCC(F)(F)F)NCC(O)c1ccccc1. The maximum Gasteiger partial charge on any atom is 0.411 e. The van der Waals surface area contributed by atoms with Gasteiger partial charge in [0.15, 0.2) is 0 Å². The largest absolute Gasteiger partial charge is 0.411 e. The van der Waals surface area contributed by atoms with E-state index in [4.69, 9.17) is 0 Å². The molecule has 0 fully saturated rings. The highest BCUT2D eigenvalue weighted by Crippen LogP contribution is 2.14. The van der Waals surface area contributed by atoms with Gasteiger partial charge in [0.2, 0.25) is 5.91 Å². The lowest BCUT2D eigenvalue weighted by Gasteiger charge is -2.12. The highest BCUT2D eigenvalue weighted by molar-refractivity contribution is 5.75. The maximum absolute atomic E-state index is 11.8. The molecule has 112 valence electrons. The minimum atomic E-state index is -4.39. The quantitative estimate of drug-likeness (QED) is 0.753. The molecule has 0 saturated carbocycles. The minimum Gasteiger partial charge on any atom is -0.387 e. The first kappa shape index (κ1) is 16.5. The minimum absolute atomic E-state index is 0.00210. The lowest BCUT2D eigenvalue weighted by atomic mass is 10.1. The van der Waals surface area contributed by atoms with E-state index in [0.29, 0.717) is 5.56 Å². The van der Waals surface area contributed by atoms with Crippen LogP contribution in [0.4, 0.5) is 13.2 Å². The Balaban J connectivity index is 2.17. The van der Waals surface area contributed by atoms with Crippen molar-refractivity contribution in [3.63, 3.8) is 0 Å². The van der Waals surface area contributed by atoms with Gasteiger partial charge in [-0.25, -0.2) is 0 Å². The van der Waals surface area contributed by atoms with Crippen LogP contribution < -0.4 is 5.32 Å². The number of hydrogen-bond acceptors (Lipinski definition) is 3. The predicted octanol–water partition coefficient (Wildman–Crippen LogP) is 1.81. The number of aliphatic hydroxyl groups is 1. The number of carbonyl (C=O) groups is 1. The molecule has 7 heteroatoms. The summed E-state index contributed by atoms with van der Waals surface area (Å²) in [5, 5.41) is 12.2. The number of rotatable bonds is 7. The van der Waals surface area contributed by atoms with Gasteiger partial charge in [-0.1, -0.05) is 30.3 Å². The Kier molecular flexibility index (Phi) is 6.47. The van der Waals surface area contributed by atoms with E-state index in [9.17, 15) is 23.1 Å². The molecule has 0 bridgehead atoms. The fraction of sp³-hybridized carbons (Fsp3) is 0.462. The van der Waals surface area contributed by atoms with Gasteiger partial charge in [-0.3, -0.25) is 4.79 Å². The van der Waals surface area contributed by atoms with E-state index in [1.807, 2.05) is 0 Å². The van der Waals surface area contributed by atoms with Gasteiger partial charge in [-0.05, 0) is 5.56 Å². The molecule has 0 aliphatic carbocycles. The average molecular weight is 291 g/mol. The van der Waals surface area contributed by atoms with Crippen molar-refractivity contribution >= 4 is 5.91 Å². The highest BCUT2D eigenvalue weighted by atomic mass is 19.4. The van der Waals surface area contributed by atoms with Crippen LogP contribution in [0.5, 0.6) is 0 Å². The predicted molar refractivity (Wildman–Crippen MR) is 65.9 cm³/mol. The van der Waals surface area contributed by atoms with Crippen LogP contribution in [0.25, 0.3) is 0 Å². The fourth-order valence-corrected chi connectivity index (χ4v) is 1.44. The first-order valence-electron chi connectivity index (χ1n) is 6.02. The van der Waals surface area contributed by atoms with Gasteiger partial charge in [0, 0.05) is 13.0 Å².